The Morgan fingerprint density at radius 3 is 1.80 bits per heavy atom. The minimum Gasteiger partial charge on any atom is -0.312 e. The molecular weight excluding hydrogens is 307 g/mol. The Hall–Kier alpha value is -0.690. The van der Waals surface area contributed by atoms with Gasteiger partial charge in [0.2, 0.25) is 0 Å². The van der Waals surface area contributed by atoms with Crippen LogP contribution >= 0.6 is 30.5 Å². The Kier molecular flexibility index (Phi) is 5.77. The first-order valence-corrected chi connectivity index (χ1v) is 9.98. The molecule has 0 bridgehead atoms. The second-order valence-electron chi connectivity index (χ2n) is 4.39. The SMILES string of the molecule is CCSC(CCl)P(=O)(c1ccccc1)c1ccccc1. The lowest BCUT2D eigenvalue weighted by Gasteiger charge is -2.26. The lowest BCUT2D eigenvalue weighted by atomic mass is 10.4. The van der Waals surface area contributed by atoms with E-state index < -0.39 is 7.14 Å². The van der Waals surface area contributed by atoms with E-state index >= 15 is 0 Å². The second kappa shape index (κ2) is 7.36. The van der Waals surface area contributed by atoms with Crippen LogP contribution in [0.5, 0.6) is 0 Å². The molecule has 0 aromatic heterocycles. The standard InChI is InChI=1S/C16H18ClOPS/c1-2-20-16(13-17)19(18,14-9-5-3-6-10-14)15-11-7-4-8-12-15/h3-12,16H,2,13H2,1H3. The highest BCUT2D eigenvalue weighted by Gasteiger charge is 2.36. The summed E-state index contributed by atoms with van der Waals surface area (Å²) in [5, 5.41) is 1.77. The summed E-state index contributed by atoms with van der Waals surface area (Å²) in [6.07, 6.45) is 0. The van der Waals surface area contributed by atoms with Crippen LogP contribution in [0.3, 0.4) is 0 Å². The first-order chi connectivity index (χ1) is 9.73. The number of hydrogen-bond donors (Lipinski definition) is 0. The third kappa shape index (κ3) is 3.14. The zero-order chi connectivity index (χ0) is 14.4. The smallest absolute Gasteiger partial charge is 0.156 e. The van der Waals surface area contributed by atoms with Gasteiger partial charge in [-0.15, -0.1) is 23.4 Å². The summed E-state index contributed by atoms with van der Waals surface area (Å²) < 4.78 is 13.8. The molecular formula is C16H18ClOPS. The van der Waals surface area contributed by atoms with Crippen molar-refractivity contribution in [2.24, 2.45) is 0 Å². The molecule has 0 saturated heterocycles. The van der Waals surface area contributed by atoms with Gasteiger partial charge in [-0.1, -0.05) is 67.6 Å². The largest absolute Gasteiger partial charge is 0.312 e. The Balaban J connectivity index is 2.57. The highest BCUT2D eigenvalue weighted by Crippen LogP contribution is 2.53. The van der Waals surface area contributed by atoms with Gasteiger partial charge >= 0.3 is 0 Å². The highest BCUT2D eigenvalue weighted by molar-refractivity contribution is 8.08. The lowest BCUT2D eigenvalue weighted by molar-refractivity contribution is 0.586. The van der Waals surface area contributed by atoms with Crippen LogP contribution in [0.4, 0.5) is 0 Å². The summed E-state index contributed by atoms with van der Waals surface area (Å²) in [4.78, 5) is -0.0843. The van der Waals surface area contributed by atoms with E-state index in [1.807, 2.05) is 60.7 Å². The van der Waals surface area contributed by atoms with E-state index in [0.29, 0.717) is 5.88 Å². The fourth-order valence-corrected chi connectivity index (χ4v) is 7.95. The van der Waals surface area contributed by atoms with Gasteiger partial charge in [0.15, 0.2) is 7.14 Å². The maximum absolute atomic E-state index is 13.8. The van der Waals surface area contributed by atoms with Crippen LogP contribution in [0, 0.1) is 0 Å². The molecule has 0 aliphatic heterocycles. The fourth-order valence-electron chi connectivity index (χ4n) is 2.22. The molecule has 4 heteroatoms. The minimum absolute atomic E-state index is 0.0843. The first-order valence-electron chi connectivity index (χ1n) is 6.62. The van der Waals surface area contributed by atoms with Crippen LogP contribution in [-0.4, -0.2) is 16.6 Å². The molecule has 0 spiro atoms. The summed E-state index contributed by atoms with van der Waals surface area (Å²) in [6, 6.07) is 19.4. The maximum atomic E-state index is 13.8. The average Bonchev–Trinajstić information content (AvgIpc) is 2.53. The van der Waals surface area contributed by atoms with Gasteiger partial charge in [-0.05, 0) is 5.75 Å². The van der Waals surface area contributed by atoms with Crippen LogP contribution in [0.1, 0.15) is 6.92 Å². The van der Waals surface area contributed by atoms with Crippen LogP contribution in [0.25, 0.3) is 0 Å². The molecule has 0 heterocycles. The molecule has 0 saturated carbocycles. The van der Waals surface area contributed by atoms with Gasteiger partial charge in [0, 0.05) is 16.5 Å². The number of benzene rings is 2. The third-order valence-corrected chi connectivity index (χ3v) is 9.23. The summed E-state index contributed by atoms with van der Waals surface area (Å²) in [5.41, 5.74) is 0. The third-order valence-electron chi connectivity index (χ3n) is 3.18. The molecule has 0 aliphatic rings. The molecule has 1 unspecified atom stereocenters. The van der Waals surface area contributed by atoms with Crippen molar-refractivity contribution in [2.45, 2.75) is 11.9 Å². The topological polar surface area (TPSA) is 17.1 Å². The Morgan fingerprint density at radius 2 is 1.45 bits per heavy atom. The number of alkyl halides is 1. The molecule has 0 aliphatic carbocycles. The number of rotatable bonds is 6. The summed E-state index contributed by atoms with van der Waals surface area (Å²) in [7, 11) is -2.72. The van der Waals surface area contributed by atoms with Crippen molar-refractivity contribution >= 4 is 41.1 Å². The molecule has 1 atom stereocenters. The average molecular weight is 325 g/mol. The van der Waals surface area contributed by atoms with Crippen molar-refractivity contribution in [3.05, 3.63) is 60.7 Å². The quantitative estimate of drug-likeness (QED) is 0.581. The molecule has 20 heavy (non-hydrogen) atoms. The van der Waals surface area contributed by atoms with Gasteiger partial charge in [0.1, 0.15) is 0 Å². The monoisotopic (exact) mass is 324 g/mol. The van der Waals surface area contributed by atoms with Crippen molar-refractivity contribution < 1.29 is 4.57 Å². The van der Waals surface area contributed by atoms with E-state index in [1.165, 1.54) is 0 Å². The highest BCUT2D eigenvalue weighted by atomic mass is 35.5. The zero-order valence-electron chi connectivity index (χ0n) is 11.4. The predicted molar refractivity (Wildman–Crippen MR) is 92.4 cm³/mol. The number of hydrogen-bond acceptors (Lipinski definition) is 2. The first kappa shape index (κ1) is 15.7. The van der Waals surface area contributed by atoms with Crippen molar-refractivity contribution in [1.82, 2.24) is 0 Å². The minimum atomic E-state index is -2.72. The number of halogens is 1. The van der Waals surface area contributed by atoms with E-state index in [1.54, 1.807) is 11.8 Å². The van der Waals surface area contributed by atoms with Gasteiger partial charge in [0.25, 0.3) is 0 Å². The fraction of sp³-hybridized carbons (Fsp3) is 0.250. The molecule has 0 amide bonds. The molecule has 2 rings (SSSR count). The zero-order valence-corrected chi connectivity index (χ0v) is 13.9. The summed E-state index contributed by atoms with van der Waals surface area (Å²) in [6.45, 7) is 2.07. The molecule has 0 radical (unpaired) electrons. The Morgan fingerprint density at radius 1 is 1.00 bits per heavy atom. The van der Waals surface area contributed by atoms with E-state index in [4.69, 9.17) is 11.6 Å². The van der Waals surface area contributed by atoms with E-state index in [9.17, 15) is 4.57 Å². The Bertz CT molecular complexity index is 530. The van der Waals surface area contributed by atoms with E-state index in [2.05, 4.69) is 6.92 Å². The van der Waals surface area contributed by atoms with Crippen LogP contribution in [0.15, 0.2) is 60.7 Å². The van der Waals surface area contributed by atoms with Crippen LogP contribution in [0.2, 0.25) is 0 Å². The van der Waals surface area contributed by atoms with Gasteiger partial charge in [0.05, 0.1) is 4.99 Å². The second-order valence-corrected chi connectivity index (χ2v) is 9.50. The summed E-state index contributed by atoms with van der Waals surface area (Å²) >= 11 is 7.82. The number of thioether (sulfide) groups is 1. The molecule has 0 fully saturated rings. The van der Waals surface area contributed by atoms with Crippen LogP contribution < -0.4 is 10.6 Å². The van der Waals surface area contributed by atoms with E-state index in [0.717, 1.165) is 16.4 Å². The van der Waals surface area contributed by atoms with Crippen molar-refractivity contribution in [3.63, 3.8) is 0 Å². The van der Waals surface area contributed by atoms with Gasteiger partial charge < -0.3 is 4.57 Å². The maximum Gasteiger partial charge on any atom is 0.156 e. The van der Waals surface area contributed by atoms with Crippen molar-refractivity contribution in [1.29, 1.82) is 0 Å². The van der Waals surface area contributed by atoms with Gasteiger partial charge in [-0.25, -0.2) is 0 Å². The molecule has 2 aromatic rings. The molecule has 2 aromatic carbocycles. The van der Waals surface area contributed by atoms with Crippen molar-refractivity contribution in [3.8, 4) is 0 Å². The summed E-state index contributed by atoms with van der Waals surface area (Å²) in [5.74, 6) is 1.29. The van der Waals surface area contributed by atoms with Crippen molar-refractivity contribution in [2.75, 3.05) is 11.6 Å². The van der Waals surface area contributed by atoms with Crippen LogP contribution in [-0.2, 0) is 4.57 Å². The Labute approximate surface area is 130 Å². The van der Waals surface area contributed by atoms with Gasteiger partial charge in [-0.3, -0.25) is 0 Å². The lowest BCUT2D eigenvalue weighted by Crippen LogP contribution is -2.25. The van der Waals surface area contributed by atoms with E-state index in [-0.39, 0.29) is 4.99 Å². The molecule has 106 valence electrons. The molecule has 1 nitrogen and oxygen atoms in total. The normalized spacial score (nSPS) is 13.1. The molecule has 0 N–H and O–H groups in total. The predicted octanol–water partition coefficient (Wildman–Crippen LogP) is 4.32. The van der Waals surface area contributed by atoms with Gasteiger partial charge in [-0.2, -0.15) is 0 Å².